The van der Waals surface area contributed by atoms with Crippen molar-refractivity contribution in [3.63, 3.8) is 0 Å². The lowest BCUT2D eigenvalue weighted by Gasteiger charge is -2.38. The minimum atomic E-state index is -0.114. The highest BCUT2D eigenvalue weighted by Gasteiger charge is 2.56. The third-order valence-electron chi connectivity index (χ3n) is 4.77. The third-order valence-corrected chi connectivity index (χ3v) is 4.77. The molecule has 0 unspecified atom stereocenters. The molecular formula is C16H15NO2. The van der Waals surface area contributed by atoms with Crippen molar-refractivity contribution in [1.29, 1.82) is 0 Å². The number of fused-ring (bicyclic) bond motifs is 1. The lowest BCUT2D eigenvalue weighted by molar-refractivity contribution is -0.124. The van der Waals surface area contributed by atoms with Crippen LogP contribution in [0, 0.1) is 23.7 Å². The topological polar surface area (TPSA) is 37.4 Å². The van der Waals surface area contributed by atoms with Gasteiger partial charge in [0, 0.05) is 0 Å². The molecule has 2 amide bonds. The van der Waals surface area contributed by atoms with Gasteiger partial charge in [-0.2, -0.15) is 0 Å². The van der Waals surface area contributed by atoms with Crippen LogP contribution in [0.1, 0.15) is 12.8 Å². The zero-order valence-corrected chi connectivity index (χ0v) is 10.5. The summed E-state index contributed by atoms with van der Waals surface area (Å²) < 4.78 is 0. The molecule has 0 spiro atoms. The Morgan fingerprint density at radius 3 is 1.84 bits per heavy atom. The predicted octanol–water partition coefficient (Wildman–Crippen LogP) is 2.39. The molecule has 1 heterocycles. The van der Waals surface area contributed by atoms with Crippen molar-refractivity contribution in [2.75, 3.05) is 4.90 Å². The number of nitrogens with zero attached hydrogens (tertiary/aromatic N) is 1. The van der Waals surface area contributed by atoms with Gasteiger partial charge in [0.2, 0.25) is 11.8 Å². The minimum absolute atomic E-state index is 0.000231. The minimum Gasteiger partial charge on any atom is -0.274 e. The molecule has 0 radical (unpaired) electrons. The number of allylic oxidation sites excluding steroid dienone is 2. The Hall–Kier alpha value is -1.90. The molecule has 1 aliphatic heterocycles. The van der Waals surface area contributed by atoms with Crippen LogP contribution in [0.5, 0.6) is 0 Å². The van der Waals surface area contributed by atoms with Crippen molar-refractivity contribution in [3.05, 3.63) is 42.5 Å². The summed E-state index contributed by atoms with van der Waals surface area (Å²) in [5.74, 6) is 0.300. The number of hydrogen-bond donors (Lipinski definition) is 0. The summed E-state index contributed by atoms with van der Waals surface area (Å²) in [6.07, 6.45) is 6.39. The van der Waals surface area contributed by atoms with E-state index in [1.165, 1.54) is 4.90 Å². The number of para-hydroxylation sites is 1. The van der Waals surface area contributed by atoms with E-state index in [-0.39, 0.29) is 35.5 Å². The Labute approximate surface area is 111 Å². The van der Waals surface area contributed by atoms with Gasteiger partial charge in [0.05, 0.1) is 17.5 Å². The average molecular weight is 253 g/mol. The van der Waals surface area contributed by atoms with Crippen molar-refractivity contribution in [2.24, 2.45) is 23.7 Å². The van der Waals surface area contributed by atoms with Crippen LogP contribution in [-0.2, 0) is 9.59 Å². The first kappa shape index (κ1) is 11.0. The number of amides is 2. The van der Waals surface area contributed by atoms with Crippen molar-refractivity contribution < 1.29 is 9.59 Å². The number of carbonyl (C=O) groups is 2. The van der Waals surface area contributed by atoms with E-state index in [4.69, 9.17) is 0 Å². The summed E-state index contributed by atoms with van der Waals surface area (Å²) in [7, 11) is 0. The van der Waals surface area contributed by atoms with Gasteiger partial charge in [-0.1, -0.05) is 30.4 Å². The molecule has 3 nitrogen and oxygen atoms in total. The molecule has 0 N–H and O–H groups in total. The van der Waals surface area contributed by atoms with E-state index in [9.17, 15) is 9.59 Å². The highest BCUT2D eigenvalue weighted by Crippen LogP contribution is 2.50. The van der Waals surface area contributed by atoms with E-state index in [0.717, 1.165) is 12.8 Å². The number of carbonyl (C=O) groups excluding carboxylic acids is 2. The summed E-state index contributed by atoms with van der Waals surface area (Å²) >= 11 is 0. The van der Waals surface area contributed by atoms with Gasteiger partial charge in [0.1, 0.15) is 0 Å². The van der Waals surface area contributed by atoms with Crippen molar-refractivity contribution in [1.82, 2.24) is 0 Å². The summed E-state index contributed by atoms with van der Waals surface area (Å²) in [6.45, 7) is 0. The molecule has 1 saturated heterocycles. The highest BCUT2D eigenvalue weighted by molar-refractivity contribution is 6.22. The third kappa shape index (κ3) is 1.38. The fraction of sp³-hybridized carbons (Fsp3) is 0.375. The maximum atomic E-state index is 12.6. The first-order chi connectivity index (χ1) is 9.27. The maximum Gasteiger partial charge on any atom is 0.238 e. The van der Waals surface area contributed by atoms with Crippen molar-refractivity contribution in [2.45, 2.75) is 12.8 Å². The summed E-state index contributed by atoms with van der Waals surface area (Å²) in [5.41, 5.74) is 0.714. The maximum absolute atomic E-state index is 12.6. The number of imide groups is 1. The number of rotatable bonds is 1. The zero-order valence-electron chi connectivity index (χ0n) is 10.5. The van der Waals surface area contributed by atoms with Gasteiger partial charge >= 0.3 is 0 Å². The van der Waals surface area contributed by atoms with E-state index in [1.54, 1.807) is 0 Å². The van der Waals surface area contributed by atoms with E-state index in [2.05, 4.69) is 12.2 Å². The van der Waals surface area contributed by atoms with Crippen molar-refractivity contribution in [3.8, 4) is 0 Å². The average Bonchev–Trinajstić information content (AvgIpc) is 2.75. The van der Waals surface area contributed by atoms with Gasteiger partial charge < -0.3 is 0 Å². The smallest absolute Gasteiger partial charge is 0.238 e. The highest BCUT2D eigenvalue weighted by atomic mass is 16.2. The van der Waals surface area contributed by atoms with Gasteiger partial charge in [-0.05, 0) is 36.8 Å². The van der Waals surface area contributed by atoms with Crippen LogP contribution in [-0.4, -0.2) is 11.8 Å². The van der Waals surface area contributed by atoms with E-state index < -0.39 is 0 Å². The second kappa shape index (κ2) is 3.80. The van der Waals surface area contributed by atoms with Gasteiger partial charge in [-0.3, -0.25) is 14.5 Å². The molecule has 2 bridgehead atoms. The molecule has 1 saturated carbocycles. The molecule has 5 rings (SSSR count). The van der Waals surface area contributed by atoms with Crippen LogP contribution < -0.4 is 4.90 Å². The lowest BCUT2D eigenvalue weighted by atomic mass is 9.63. The van der Waals surface area contributed by atoms with E-state index >= 15 is 0 Å². The Morgan fingerprint density at radius 1 is 0.842 bits per heavy atom. The standard InChI is InChI=1S/C16H15NO2/c18-15-13-10-6-7-11(9-8-10)14(13)16(19)17(15)12-4-2-1-3-5-12/h1-7,10-11,13-14H,8-9H2/t10-,11+,13-,14-/m0/s1. The Kier molecular flexibility index (Phi) is 2.19. The molecular weight excluding hydrogens is 238 g/mol. The van der Waals surface area contributed by atoms with E-state index in [0.29, 0.717) is 5.69 Å². The fourth-order valence-electron chi connectivity index (χ4n) is 3.91. The predicted molar refractivity (Wildman–Crippen MR) is 71.3 cm³/mol. The van der Waals surface area contributed by atoms with Gasteiger partial charge in [0.25, 0.3) is 0 Å². The van der Waals surface area contributed by atoms with Crippen LogP contribution in [0.3, 0.4) is 0 Å². The Balaban J connectivity index is 1.78. The van der Waals surface area contributed by atoms with Crippen LogP contribution in [0.2, 0.25) is 0 Å². The lowest BCUT2D eigenvalue weighted by Crippen LogP contribution is -2.38. The molecule has 2 fully saturated rings. The SMILES string of the molecule is O=C1[C@@H]2[C@@H](C(=O)N1c1ccccc1)[C@H]1C=C[C@@H]2CC1. The normalized spacial score (nSPS) is 35.9. The molecule has 4 aliphatic rings. The van der Waals surface area contributed by atoms with Crippen LogP contribution in [0.4, 0.5) is 5.69 Å². The quantitative estimate of drug-likeness (QED) is 0.569. The first-order valence-corrected chi connectivity index (χ1v) is 6.88. The van der Waals surface area contributed by atoms with Crippen LogP contribution in [0.15, 0.2) is 42.5 Å². The number of hydrogen-bond acceptors (Lipinski definition) is 2. The Bertz CT molecular complexity index is 546. The first-order valence-electron chi connectivity index (χ1n) is 6.88. The number of anilines is 1. The molecule has 4 atom stereocenters. The second-order valence-electron chi connectivity index (χ2n) is 5.69. The van der Waals surface area contributed by atoms with E-state index in [1.807, 2.05) is 30.3 Å². The molecule has 3 aliphatic carbocycles. The molecule has 1 aromatic rings. The zero-order chi connectivity index (χ0) is 13.0. The van der Waals surface area contributed by atoms with Gasteiger partial charge in [0.15, 0.2) is 0 Å². The summed E-state index contributed by atoms with van der Waals surface area (Å²) in [5, 5.41) is 0. The van der Waals surface area contributed by atoms with Crippen molar-refractivity contribution >= 4 is 17.5 Å². The largest absolute Gasteiger partial charge is 0.274 e. The molecule has 3 heteroatoms. The van der Waals surface area contributed by atoms with Gasteiger partial charge in [-0.15, -0.1) is 0 Å². The monoisotopic (exact) mass is 253 g/mol. The van der Waals surface area contributed by atoms with Crippen LogP contribution in [0.25, 0.3) is 0 Å². The molecule has 96 valence electrons. The molecule has 0 aromatic heterocycles. The molecule has 19 heavy (non-hydrogen) atoms. The summed E-state index contributed by atoms with van der Waals surface area (Å²) in [6, 6.07) is 9.30. The Morgan fingerprint density at radius 2 is 1.37 bits per heavy atom. The fourth-order valence-corrected chi connectivity index (χ4v) is 3.91. The van der Waals surface area contributed by atoms with Gasteiger partial charge in [-0.25, -0.2) is 0 Å². The molecule has 1 aromatic carbocycles. The second-order valence-corrected chi connectivity index (χ2v) is 5.69. The number of benzene rings is 1. The van der Waals surface area contributed by atoms with Crippen LogP contribution >= 0.6 is 0 Å². The summed E-state index contributed by atoms with van der Waals surface area (Å²) in [4.78, 5) is 26.6.